The molecule has 3 N–H and O–H groups in total. The Morgan fingerprint density at radius 3 is 2.58 bits per heavy atom. The Hall–Kier alpha value is -0.600. The number of carboxylic acid groups (broad SMARTS) is 1. The van der Waals surface area contributed by atoms with Crippen molar-refractivity contribution in [2.45, 2.75) is 69.7 Å². The molecule has 0 saturated carbocycles. The molecule has 0 saturated heterocycles. The van der Waals surface area contributed by atoms with Crippen molar-refractivity contribution in [3.63, 3.8) is 0 Å². The van der Waals surface area contributed by atoms with Crippen molar-refractivity contribution < 1.29 is 24.9 Å². The Balaban J connectivity index is 0.00000480. The number of carbonyl (C=O) groups is 1. The van der Waals surface area contributed by atoms with Crippen molar-refractivity contribution in [3.05, 3.63) is 47.1 Å². The van der Waals surface area contributed by atoms with Gasteiger partial charge in [-0.2, -0.15) is 0 Å². The SMILES string of the molecule is COC1CC(c2ccc(SC)c(C)c2)=C(C=CC(O)CC(O)CC(=O)O)C(C)(C)C1.[NaH]. The summed E-state index contributed by atoms with van der Waals surface area (Å²) in [5, 5.41) is 28.9. The molecule has 0 fully saturated rings. The second kappa shape index (κ2) is 12.6. The van der Waals surface area contributed by atoms with Gasteiger partial charge in [0.05, 0.1) is 24.7 Å². The van der Waals surface area contributed by atoms with Crippen LogP contribution < -0.4 is 0 Å². The van der Waals surface area contributed by atoms with Crippen LogP contribution in [0, 0.1) is 12.3 Å². The maximum absolute atomic E-state index is 10.7. The van der Waals surface area contributed by atoms with E-state index in [9.17, 15) is 15.0 Å². The molecule has 1 aliphatic rings. The van der Waals surface area contributed by atoms with Gasteiger partial charge in [0.1, 0.15) is 0 Å². The first-order chi connectivity index (χ1) is 14.1. The number of aryl methyl sites for hydroxylation is 1. The van der Waals surface area contributed by atoms with Crippen molar-refractivity contribution in [3.8, 4) is 0 Å². The average Bonchev–Trinajstić information content (AvgIpc) is 2.64. The van der Waals surface area contributed by atoms with Gasteiger partial charge in [-0.25, -0.2) is 0 Å². The Morgan fingerprint density at radius 1 is 1.35 bits per heavy atom. The van der Waals surface area contributed by atoms with E-state index in [1.54, 1.807) is 24.9 Å². The van der Waals surface area contributed by atoms with Crippen LogP contribution in [0.2, 0.25) is 0 Å². The molecule has 1 aliphatic carbocycles. The van der Waals surface area contributed by atoms with Crippen molar-refractivity contribution in [1.29, 1.82) is 0 Å². The fourth-order valence-electron chi connectivity index (χ4n) is 4.18. The molecule has 0 amide bonds. The molecule has 0 bridgehead atoms. The fraction of sp³-hybridized carbons (Fsp3) is 0.542. The molecule has 1 aromatic rings. The van der Waals surface area contributed by atoms with Gasteiger partial charge in [0.25, 0.3) is 0 Å². The third-order valence-electron chi connectivity index (χ3n) is 5.71. The molecule has 168 valence electrons. The number of hydrogen-bond donors (Lipinski definition) is 3. The summed E-state index contributed by atoms with van der Waals surface area (Å²) in [6, 6.07) is 6.49. The summed E-state index contributed by atoms with van der Waals surface area (Å²) in [6.45, 7) is 6.46. The summed E-state index contributed by atoms with van der Waals surface area (Å²) in [4.78, 5) is 12.0. The minimum absolute atomic E-state index is 0. The van der Waals surface area contributed by atoms with Crippen LogP contribution in [0.4, 0.5) is 0 Å². The molecular weight excluding hydrogens is 423 g/mol. The molecule has 7 heteroatoms. The molecule has 0 radical (unpaired) electrons. The third kappa shape index (κ3) is 8.04. The Kier molecular flexibility index (Phi) is 11.5. The van der Waals surface area contributed by atoms with E-state index in [4.69, 9.17) is 9.84 Å². The number of carboxylic acids is 1. The quantitative estimate of drug-likeness (QED) is 0.385. The zero-order valence-electron chi connectivity index (χ0n) is 18.5. The van der Waals surface area contributed by atoms with Crippen molar-refractivity contribution in [2.75, 3.05) is 13.4 Å². The normalized spacial score (nSPS) is 20.4. The van der Waals surface area contributed by atoms with Gasteiger partial charge >= 0.3 is 35.5 Å². The number of aliphatic hydroxyl groups excluding tert-OH is 2. The van der Waals surface area contributed by atoms with Crippen LogP contribution in [0.25, 0.3) is 5.57 Å². The molecular formula is C24H35NaO5S. The van der Waals surface area contributed by atoms with E-state index in [1.807, 2.05) is 6.08 Å². The number of hydrogen-bond acceptors (Lipinski definition) is 5. The van der Waals surface area contributed by atoms with Gasteiger partial charge in [-0.05, 0) is 59.8 Å². The number of ether oxygens (including phenoxy) is 1. The molecule has 3 unspecified atom stereocenters. The zero-order chi connectivity index (χ0) is 22.5. The summed E-state index contributed by atoms with van der Waals surface area (Å²) in [5.41, 5.74) is 4.56. The van der Waals surface area contributed by atoms with E-state index < -0.39 is 18.2 Å². The van der Waals surface area contributed by atoms with E-state index in [-0.39, 0.29) is 53.9 Å². The second-order valence-electron chi connectivity index (χ2n) is 8.64. The first kappa shape index (κ1) is 28.4. The van der Waals surface area contributed by atoms with Crippen LogP contribution in [0.5, 0.6) is 0 Å². The molecule has 31 heavy (non-hydrogen) atoms. The number of aliphatic carboxylic acids is 1. The predicted octanol–water partition coefficient (Wildman–Crippen LogP) is 3.80. The third-order valence-corrected chi connectivity index (χ3v) is 6.61. The van der Waals surface area contributed by atoms with Crippen LogP contribution in [-0.4, -0.2) is 82.5 Å². The van der Waals surface area contributed by atoms with E-state index in [2.05, 4.69) is 45.2 Å². The Labute approximate surface area is 212 Å². The molecule has 1 aromatic carbocycles. The van der Waals surface area contributed by atoms with Crippen LogP contribution in [0.1, 0.15) is 50.7 Å². The molecule has 0 aromatic heterocycles. The number of thioether (sulfide) groups is 1. The average molecular weight is 459 g/mol. The van der Waals surface area contributed by atoms with Gasteiger partial charge in [0.2, 0.25) is 0 Å². The molecule has 0 spiro atoms. The topological polar surface area (TPSA) is 87.0 Å². The Bertz CT molecular complexity index is 818. The number of rotatable bonds is 9. The van der Waals surface area contributed by atoms with Crippen LogP contribution in [0.3, 0.4) is 0 Å². The first-order valence-corrected chi connectivity index (χ1v) is 11.5. The monoisotopic (exact) mass is 458 g/mol. The van der Waals surface area contributed by atoms with E-state index >= 15 is 0 Å². The summed E-state index contributed by atoms with van der Waals surface area (Å²) in [6.07, 6.45) is 5.08. The van der Waals surface area contributed by atoms with E-state index in [0.29, 0.717) is 0 Å². The van der Waals surface area contributed by atoms with Crippen molar-refractivity contribution in [2.24, 2.45) is 5.41 Å². The predicted molar refractivity (Wildman–Crippen MR) is 129 cm³/mol. The maximum atomic E-state index is 10.7. The second-order valence-corrected chi connectivity index (χ2v) is 9.49. The van der Waals surface area contributed by atoms with Crippen molar-refractivity contribution >= 4 is 52.9 Å². The minimum atomic E-state index is -1.08. The molecule has 5 nitrogen and oxygen atoms in total. The standard InChI is InChI=1S/C24H34O5S.Na.H/c1-15-10-16(6-9-22(15)30-5)20-13-19(29-4)14-24(2,3)21(20)8-7-17(25)11-18(26)12-23(27)28;;/h6-10,17-19,25-26H,11-14H2,1-5H3,(H,27,28);;. The molecule has 0 aliphatic heterocycles. The van der Waals surface area contributed by atoms with Gasteiger partial charge in [-0.3, -0.25) is 4.79 Å². The van der Waals surface area contributed by atoms with Gasteiger partial charge in [0.15, 0.2) is 0 Å². The summed E-state index contributed by atoms with van der Waals surface area (Å²) in [5.74, 6) is -1.08. The molecule has 3 atom stereocenters. The summed E-state index contributed by atoms with van der Waals surface area (Å²) >= 11 is 1.73. The summed E-state index contributed by atoms with van der Waals surface area (Å²) < 4.78 is 5.72. The molecule has 2 rings (SSSR count). The van der Waals surface area contributed by atoms with Gasteiger partial charge < -0.3 is 20.1 Å². The fourth-order valence-corrected chi connectivity index (χ4v) is 4.76. The number of benzene rings is 1. The number of aliphatic hydroxyl groups is 2. The van der Waals surface area contributed by atoms with Crippen LogP contribution >= 0.6 is 11.8 Å². The number of allylic oxidation sites excluding steroid dienone is 2. The van der Waals surface area contributed by atoms with Gasteiger partial charge in [-0.15, -0.1) is 11.8 Å². The van der Waals surface area contributed by atoms with E-state index in [1.165, 1.54) is 16.0 Å². The summed E-state index contributed by atoms with van der Waals surface area (Å²) in [7, 11) is 1.74. The van der Waals surface area contributed by atoms with Crippen LogP contribution in [0.15, 0.2) is 40.8 Å². The zero-order valence-corrected chi connectivity index (χ0v) is 19.3. The van der Waals surface area contributed by atoms with Gasteiger partial charge in [-0.1, -0.05) is 38.1 Å². The first-order valence-electron chi connectivity index (χ1n) is 10.2. The molecule has 0 heterocycles. The number of methoxy groups -OCH3 is 1. The van der Waals surface area contributed by atoms with Crippen molar-refractivity contribution in [1.82, 2.24) is 0 Å². The van der Waals surface area contributed by atoms with Crippen LogP contribution in [-0.2, 0) is 9.53 Å². The van der Waals surface area contributed by atoms with E-state index in [0.717, 1.165) is 24.0 Å². The Morgan fingerprint density at radius 2 is 2.03 bits per heavy atom. The van der Waals surface area contributed by atoms with Gasteiger partial charge in [0, 0.05) is 18.4 Å².